The zero-order valence-electron chi connectivity index (χ0n) is 20.0. The highest BCUT2D eigenvalue weighted by molar-refractivity contribution is 5.86. The van der Waals surface area contributed by atoms with Gasteiger partial charge in [-0.1, -0.05) is 24.5 Å². The molecule has 1 aromatic carbocycles. The van der Waals surface area contributed by atoms with Gasteiger partial charge in [0.2, 0.25) is 11.7 Å². The van der Waals surface area contributed by atoms with Crippen LogP contribution in [-0.4, -0.2) is 42.2 Å². The first-order chi connectivity index (χ1) is 16.9. The molecule has 2 fully saturated rings. The molecule has 0 saturated heterocycles. The number of aryl methyl sites for hydroxylation is 1. The zero-order valence-corrected chi connectivity index (χ0v) is 20.8. The van der Waals surface area contributed by atoms with E-state index in [0.717, 1.165) is 32.1 Å². The Labute approximate surface area is 215 Å². The summed E-state index contributed by atoms with van der Waals surface area (Å²) in [5.74, 6) is 6.36. The maximum Gasteiger partial charge on any atom is 0.220 e. The number of carbonyl (C=O) groups is 1. The summed E-state index contributed by atoms with van der Waals surface area (Å²) in [7, 11) is 0. The fourth-order valence-corrected chi connectivity index (χ4v) is 4.50. The van der Waals surface area contributed by atoms with Crippen LogP contribution in [0.2, 0.25) is 0 Å². The standard InChI is InChI=1S/C26H29FN6O2.ClH/c27-18-7-4-6-17(16-18)24-32-22-23(28)30-20(11-14-26(35)12-2-1-3-13-26)31-25(22)33(24)15-5-8-21(34)29-19-9-10-19;/h4,6-7,16,19,35H,1-3,5,8-10,12-13,15H2,(H,29,34)(H2,28,30,31);1H. The summed E-state index contributed by atoms with van der Waals surface area (Å²) in [5, 5.41) is 13.7. The molecular formula is C26H30ClFN6O2. The summed E-state index contributed by atoms with van der Waals surface area (Å²) >= 11 is 0. The monoisotopic (exact) mass is 512 g/mol. The number of aromatic nitrogens is 4. The number of fused-ring (bicyclic) bond motifs is 1. The van der Waals surface area contributed by atoms with Gasteiger partial charge in [-0.25, -0.2) is 19.3 Å². The second kappa shape index (κ2) is 10.8. The van der Waals surface area contributed by atoms with Gasteiger partial charge in [0.25, 0.3) is 0 Å². The molecule has 0 radical (unpaired) electrons. The quantitative estimate of drug-likeness (QED) is 0.433. The lowest BCUT2D eigenvalue weighted by Gasteiger charge is -2.26. The van der Waals surface area contributed by atoms with Crippen molar-refractivity contribution in [2.24, 2.45) is 0 Å². The fraction of sp³-hybridized carbons (Fsp3) is 0.462. The van der Waals surface area contributed by atoms with Gasteiger partial charge in [0, 0.05) is 24.6 Å². The van der Waals surface area contributed by atoms with E-state index in [4.69, 9.17) is 5.73 Å². The van der Waals surface area contributed by atoms with Crippen LogP contribution in [0.3, 0.4) is 0 Å². The first kappa shape index (κ1) is 25.9. The molecule has 2 aromatic heterocycles. The Bertz CT molecular complexity index is 1320. The van der Waals surface area contributed by atoms with Crippen molar-refractivity contribution in [3.63, 3.8) is 0 Å². The Kier molecular flexibility index (Phi) is 7.76. The van der Waals surface area contributed by atoms with E-state index in [1.54, 1.807) is 12.1 Å². The van der Waals surface area contributed by atoms with Crippen LogP contribution in [0.4, 0.5) is 10.2 Å². The summed E-state index contributed by atoms with van der Waals surface area (Å²) in [5.41, 5.74) is 6.64. The van der Waals surface area contributed by atoms with Crippen molar-refractivity contribution in [1.82, 2.24) is 24.8 Å². The van der Waals surface area contributed by atoms with E-state index in [9.17, 15) is 14.3 Å². The number of rotatable bonds is 6. The number of nitrogens with one attached hydrogen (secondary N) is 1. The van der Waals surface area contributed by atoms with Gasteiger partial charge in [-0.2, -0.15) is 0 Å². The average molecular weight is 513 g/mol. The number of halogens is 2. The molecule has 190 valence electrons. The molecule has 2 aliphatic rings. The highest BCUT2D eigenvalue weighted by Crippen LogP contribution is 2.29. The smallest absolute Gasteiger partial charge is 0.220 e. The summed E-state index contributed by atoms with van der Waals surface area (Å²) in [6.45, 7) is 0.438. The van der Waals surface area contributed by atoms with Crippen LogP contribution < -0.4 is 11.1 Å². The van der Waals surface area contributed by atoms with Gasteiger partial charge in [0.1, 0.15) is 17.2 Å². The minimum atomic E-state index is -1.03. The lowest BCUT2D eigenvalue weighted by Crippen LogP contribution is -2.29. The number of hydrogen-bond donors (Lipinski definition) is 3. The summed E-state index contributed by atoms with van der Waals surface area (Å²) in [6.07, 6.45) is 7.21. The van der Waals surface area contributed by atoms with E-state index in [1.807, 2.05) is 4.57 Å². The Morgan fingerprint density at radius 3 is 2.72 bits per heavy atom. The predicted octanol–water partition coefficient (Wildman–Crippen LogP) is 3.74. The number of nitrogens with two attached hydrogens (primary N) is 1. The maximum absolute atomic E-state index is 14.0. The predicted molar refractivity (Wildman–Crippen MR) is 138 cm³/mol. The van der Waals surface area contributed by atoms with Gasteiger partial charge in [-0.3, -0.25) is 4.79 Å². The fourth-order valence-electron chi connectivity index (χ4n) is 4.50. The molecule has 2 heterocycles. The molecule has 2 saturated carbocycles. The van der Waals surface area contributed by atoms with Crippen LogP contribution in [0.15, 0.2) is 24.3 Å². The van der Waals surface area contributed by atoms with Gasteiger partial charge in [-0.15, -0.1) is 12.4 Å². The Hall–Kier alpha value is -3.22. The van der Waals surface area contributed by atoms with Crippen molar-refractivity contribution in [2.45, 2.75) is 76.0 Å². The molecule has 36 heavy (non-hydrogen) atoms. The summed E-state index contributed by atoms with van der Waals surface area (Å²) in [6, 6.07) is 6.47. The van der Waals surface area contributed by atoms with Gasteiger partial charge < -0.3 is 20.7 Å². The lowest BCUT2D eigenvalue weighted by atomic mass is 9.85. The third-order valence-corrected chi connectivity index (χ3v) is 6.52. The number of amides is 1. The van der Waals surface area contributed by atoms with Crippen LogP contribution >= 0.6 is 12.4 Å². The van der Waals surface area contributed by atoms with Crippen molar-refractivity contribution in [2.75, 3.05) is 5.73 Å². The van der Waals surface area contributed by atoms with E-state index in [0.29, 0.717) is 60.8 Å². The van der Waals surface area contributed by atoms with Crippen molar-refractivity contribution >= 4 is 35.3 Å². The molecular weight excluding hydrogens is 483 g/mol. The number of nitrogen functional groups attached to an aromatic ring is 1. The number of benzene rings is 1. The van der Waals surface area contributed by atoms with Gasteiger partial charge in [-0.05, 0) is 63.0 Å². The van der Waals surface area contributed by atoms with Gasteiger partial charge in [0.05, 0.1) is 0 Å². The summed E-state index contributed by atoms with van der Waals surface area (Å²) < 4.78 is 15.8. The van der Waals surface area contributed by atoms with Crippen LogP contribution in [0.5, 0.6) is 0 Å². The second-order valence-corrected chi connectivity index (χ2v) is 9.49. The van der Waals surface area contributed by atoms with Crippen LogP contribution in [0.25, 0.3) is 22.6 Å². The van der Waals surface area contributed by atoms with E-state index in [1.165, 1.54) is 12.1 Å². The summed E-state index contributed by atoms with van der Waals surface area (Å²) in [4.78, 5) is 25.7. The molecule has 0 atom stereocenters. The van der Waals surface area contributed by atoms with Crippen molar-refractivity contribution < 1.29 is 14.3 Å². The third-order valence-electron chi connectivity index (χ3n) is 6.52. The molecule has 1 amide bonds. The highest BCUT2D eigenvalue weighted by Gasteiger charge is 2.27. The van der Waals surface area contributed by atoms with Crippen LogP contribution in [0, 0.1) is 17.7 Å². The van der Waals surface area contributed by atoms with E-state index in [2.05, 4.69) is 32.1 Å². The minimum absolute atomic E-state index is 0. The SMILES string of the molecule is Cl.Nc1nc(C#CC2(O)CCCCC2)nc2c1nc(-c1cccc(F)c1)n2CCCC(=O)NC1CC1. The number of hydrogen-bond acceptors (Lipinski definition) is 6. The van der Waals surface area contributed by atoms with Gasteiger partial charge in [0.15, 0.2) is 17.0 Å². The third kappa shape index (κ3) is 5.94. The molecule has 2 aliphatic carbocycles. The van der Waals surface area contributed by atoms with Crippen molar-refractivity contribution in [1.29, 1.82) is 0 Å². The first-order valence-corrected chi connectivity index (χ1v) is 12.2. The van der Waals surface area contributed by atoms with E-state index < -0.39 is 5.60 Å². The molecule has 4 N–H and O–H groups in total. The normalized spacial score (nSPS) is 16.6. The average Bonchev–Trinajstić information content (AvgIpc) is 3.57. The number of anilines is 1. The Morgan fingerprint density at radius 2 is 2.00 bits per heavy atom. The second-order valence-electron chi connectivity index (χ2n) is 9.49. The van der Waals surface area contributed by atoms with Crippen molar-refractivity contribution in [3.05, 3.63) is 35.9 Å². The first-order valence-electron chi connectivity index (χ1n) is 12.2. The Balaban J connectivity index is 0.00000304. The Morgan fingerprint density at radius 1 is 1.22 bits per heavy atom. The maximum atomic E-state index is 14.0. The number of aliphatic hydroxyl groups is 1. The van der Waals surface area contributed by atoms with Crippen LogP contribution in [-0.2, 0) is 11.3 Å². The van der Waals surface area contributed by atoms with Crippen molar-refractivity contribution in [3.8, 4) is 23.2 Å². The molecule has 0 spiro atoms. The van der Waals surface area contributed by atoms with E-state index in [-0.39, 0.29) is 35.8 Å². The van der Waals surface area contributed by atoms with Gasteiger partial charge >= 0.3 is 0 Å². The van der Waals surface area contributed by atoms with Crippen LogP contribution in [0.1, 0.15) is 63.6 Å². The van der Waals surface area contributed by atoms with E-state index >= 15 is 0 Å². The molecule has 0 unspecified atom stereocenters. The molecule has 0 aliphatic heterocycles. The lowest BCUT2D eigenvalue weighted by molar-refractivity contribution is -0.121. The highest BCUT2D eigenvalue weighted by atomic mass is 35.5. The molecule has 3 aromatic rings. The molecule has 0 bridgehead atoms. The molecule has 10 heteroatoms. The molecule has 5 rings (SSSR count). The minimum Gasteiger partial charge on any atom is -0.382 e. The largest absolute Gasteiger partial charge is 0.382 e. The topological polar surface area (TPSA) is 119 Å². The molecule has 8 nitrogen and oxygen atoms in total. The number of nitrogens with zero attached hydrogens (tertiary/aromatic N) is 4. The number of imidazole rings is 1. The number of carbonyl (C=O) groups excluding carboxylic acids is 1. The zero-order chi connectivity index (χ0) is 24.4.